The van der Waals surface area contributed by atoms with Crippen LogP contribution in [0.1, 0.15) is 32.3 Å². The Bertz CT molecular complexity index is 609. The zero-order valence-electron chi connectivity index (χ0n) is 14.3. The summed E-state index contributed by atoms with van der Waals surface area (Å²) in [7, 11) is 1.97. The van der Waals surface area contributed by atoms with Crippen LogP contribution in [0.3, 0.4) is 0 Å². The van der Waals surface area contributed by atoms with Crippen molar-refractivity contribution in [2.24, 2.45) is 5.16 Å². The maximum atomic E-state index is 6.23. The number of thiocarbonyl (C=S) groups is 1. The number of nitrogens with zero attached hydrogens (tertiary/aromatic N) is 2. The molecule has 1 aliphatic rings. The average molecular weight is 370 g/mol. The SMILES string of the molecule is CCOc1c(Cl)cccc1C1=NOC(CCNC(=S)N(C)CC)C1. The summed E-state index contributed by atoms with van der Waals surface area (Å²) < 4.78 is 5.66. The van der Waals surface area contributed by atoms with Crippen LogP contribution in [0, 0.1) is 0 Å². The molecule has 1 aliphatic heterocycles. The fraction of sp³-hybridized carbons (Fsp3) is 0.529. The number of para-hydroxylation sites is 1. The minimum atomic E-state index is 0.0377. The van der Waals surface area contributed by atoms with E-state index in [-0.39, 0.29) is 6.10 Å². The van der Waals surface area contributed by atoms with E-state index >= 15 is 0 Å². The van der Waals surface area contributed by atoms with Crippen LogP contribution in [0.15, 0.2) is 23.4 Å². The van der Waals surface area contributed by atoms with E-state index < -0.39 is 0 Å². The minimum Gasteiger partial charge on any atom is -0.492 e. The Labute approximate surface area is 153 Å². The lowest BCUT2D eigenvalue weighted by Gasteiger charge is -2.19. The van der Waals surface area contributed by atoms with Gasteiger partial charge in [-0.3, -0.25) is 0 Å². The summed E-state index contributed by atoms with van der Waals surface area (Å²) in [6.45, 7) is 6.19. The van der Waals surface area contributed by atoms with E-state index in [1.165, 1.54) is 0 Å². The lowest BCUT2D eigenvalue weighted by Crippen LogP contribution is -2.38. The molecule has 0 amide bonds. The Morgan fingerprint density at radius 3 is 3.00 bits per heavy atom. The average Bonchev–Trinajstić information content (AvgIpc) is 3.04. The third-order valence-electron chi connectivity index (χ3n) is 3.86. The number of hydrogen-bond donors (Lipinski definition) is 1. The number of nitrogens with one attached hydrogen (secondary N) is 1. The highest BCUT2D eigenvalue weighted by atomic mass is 35.5. The van der Waals surface area contributed by atoms with E-state index in [1.807, 2.05) is 37.1 Å². The molecule has 24 heavy (non-hydrogen) atoms. The van der Waals surface area contributed by atoms with Gasteiger partial charge in [-0.15, -0.1) is 0 Å². The van der Waals surface area contributed by atoms with Crippen LogP contribution in [0.25, 0.3) is 0 Å². The molecule has 0 aromatic heterocycles. The molecule has 1 N–H and O–H groups in total. The summed E-state index contributed by atoms with van der Waals surface area (Å²) in [6, 6.07) is 5.68. The Morgan fingerprint density at radius 2 is 2.29 bits per heavy atom. The third-order valence-corrected chi connectivity index (χ3v) is 4.62. The molecule has 0 radical (unpaired) electrons. The van der Waals surface area contributed by atoms with Crippen LogP contribution >= 0.6 is 23.8 Å². The van der Waals surface area contributed by atoms with Gasteiger partial charge in [0, 0.05) is 38.5 Å². The normalized spacial score (nSPS) is 16.3. The molecule has 7 heteroatoms. The first kappa shape index (κ1) is 18.8. The predicted molar refractivity (Wildman–Crippen MR) is 102 cm³/mol. The topological polar surface area (TPSA) is 46.1 Å². The molecule has 0 saturated heterocycles. The van der Waals surface area contributed by atoms with Crippen molar-refractivity contribution in [2.75, 3.05) is 26.7 Å². The zero-order valence-corrected chi connectivity index (χ0v) is 15.9. The van der Waals surface area contributed by atoms with Crippen molar-refractivity contribution >= 4 is 34.6 Å². The van der Waals surface area contributed by atoms with E-state index in [2.05, 4.69) is 17.4 Å². The molecule has 132 valence electrons. The maximum Gasteiger partial charge on any atom is 0.168 e. The molecule has 5 nitrogen and oxygen atoms in total. The molecule has 2 rings (SSSR count). The number of benzene rings is 1. The lowest BCUT2D eigenvalue weighted by molar-refractivity contribution is 0.0800. The Morgan fingerprint density at radius 1 is 1.50 bits per heavy atom. The van der Waals surface area contributed by atoms with E-state index in [0.29, 0.717) is 17.4 Å². The summed E-state index contributed by atoms with van der Waals surface area (Å²) in [4.78, 5) is 7.55. The standard InChI is InChI=1S/C17H24ClN3O2S/c1-4-21(3)17(24)19-10-9-12-11-15(20-23-12)13-7-6-8-14(18)16(13)22-5-2/h6-8,12H,4-5,9-11H2,1-3H3,(H,19,24). The highest BCUT2D eigenvalue weighted by Crippen LogP contribution is 2.32. The maximum absolute atomic E-state index is 6.23. The second kappa shape index (κ2) is 9.08. The highest BCUT2D eigenvalue weighted by molar-refractivity contribution is 7.80. The highest BCUT2D eigenvalue weighted by Gasteiger charge is 2.25. The number of oxime groups is 1. The quantitative estimate of drug-likeness (QED) is 0.746. The van der Waals surface area contributed by atoms with Crippen LogP contribution in [-0.4, -0.2) is 48.6 Å². The van der Waals surface area contributed by atoms with Crippen LogP contribution < -0.4 is 10.1 Å². The Kier molecular flexibility index (Phi) is 7.12. The molecule has 0 bridgehead atoms. The number of ether oxygens (including phenoxy) is 1. The monoisotopic (exact) mass is 369 g/mol. The first-order valence-corrected chi connectivity index (χ1v) is 8.98. The summed E-state index contributed by atoms with van der Waals surface area (Å²) in [6.07, 6.45) is 1.60. The number of rotatable bonds is 7. The van der Waals surface area contributed by atoms with Crippen LogP contribution in [0.5, 0.6) is 5.75 Å². The van der Waals surface area contributed by atoms with Crippen molar-refractivity contribution in [3.63, 3.8) is 0 Å². The van der Waals surface area contributed by atoms with E-state index in [1.54, 1.807) is 0 Å². The fourth-order valence-electron chi connectivity index (χ4n) is 2.39. The molecule has 1 unspecified atom stereocenters. The van der Waals surface area contributed by atoms with Crippen LogP contribution in [0.2, 0.25) is 5.02 Å². The molecule has 1 heterocycles. The summed E-state index contributed by atoms with van der Waals surface area (Å²) in [5, 5.41) is 8.81. The van der Waals surface area contributed by atoms with Crippen molar-refractivity contribution in [1.82, 2.24) is 10.2 Å². The number of halogens is 1. The van der Waals surface area contributed by atoms with Gasteiger partial charge in [-0.05, 0) is 38.2 Å². The third kappa shape index (κ3) is 4.74. The Hall–Kier alpha value is -1.53. The van der Waals surface area contributed by atoms with Gasteiger partial charge >= 0.3 is 0 Å². The van der Waals surface area contributed by atoms with Gasteiger partial charge in [0.1, 0.15) is 11.9 Å². The zero-order chi connectivity index (χ0) is 17.5. The first-order valence-electron chi connectivity index (χ1n) is 8.20. The van der Waals surface area contributed by atoms with Crippen LogP contribution in [0.4, 0.5) is 0 Å². The second-order valence-electron chi connectivity index (χ2n) is 5.55. The lowest BCUT2D eigenvalue weighted by atomic mass is 10.0. The van der Waals surface area contributed by atoms with Gasteiger partial charge in [0.05, 0.1) is 17.3 Å². The van der Waals surface area contributed by atoms with Crippen molar-refractivity contribution in [2.45, 2.75) is 32.8 Å². The summed E-state index contributed by atoms with van der Waals surface area (Å²) in [5.74, 6) is 0.675. The van der Waals surface area contributed by atoms with Gasteiger partial charge in [-0.25, -0.2) is 0 Å². The first-order chi connectivity index (χ1) is 11.6. The van der Waals surface area contributed by atoms with Crippen molar-refractivity contribution in [3.8, 4) is 5.75 Å². The molecule has 1 atom stereocenters. The van der Waals surface area contributed by atoms with E-state index in [9.17, 15) is 0 Å². The molecular formula is C17H24ClN3O2S. The van der Waals surface area contributed by atoms with Crippen LogP contribution in [-0.2, 0) is 4.84 Å². The largest absolute Gasteiger partial charge is 0.492 e. The van der Waals surface area contributed by atoms with Gasteiger partial charge in [-0.1, -0.05) is 22.8 Å². The fourth-order valence-corrected chi connectivity index (χ4v) is 2.85. The van der Waals surface area contributed by atoms with Crippen molar-refractivity contribution < 1.29 is 9.57 Å². The Balaban J connectivity index is 1.89. The van der Waals surface area contributed by atoms with Gasteiger partial charge in [0.15, 0.2) is 5.11 Å². The van der Waals surface area contributed by atoms with E-state index in [0.717, 1.165) is 42.3 Å². The van der Waals surface area contributed by atoms with Gasteiger partial charge < -0.3 is 19.8 Å². The van der Waals surface area contributed by atoms with Gasteiger partial charge in [0.2, 0.25) is 0 Å². The molecular weight excluding hydrogens is 346 g/mol. The van der Waals surface area contributed by atoms with Crippen molar-refractivity contribution in [1.29, 1.82) is 0 Å². The van der Waals surface area contributed by atoms with E-state index in [4.69, 9.17) is 33.4 Å². The second-order valence-corrected chi connectivity index (χ2v) is 6.35. The smallest absolute Gasteiger partial charge is 0.168 e. The molecule has 0 spiro atoms. The number of hydrogen-bond acceptors (Lipinski definition) is 4. The predicted octanol–water partition coefficient (Wildman–Crippen LogP) is 3.45. The summed E-state index contributed by atoms with van der Waals surface area (Å²) in [5.41, 5.74) is 1.78. The van der Waals surface area contributed by atoms with Gasteiger partial charge in [0.25, 0.3) is 0 Å². The molecule has 1 aromatic rings. The molecule has 1 aromatic carbocycles. The molecule has 0 fully saturated rings. The van der Waals surface area contributed by atoms with Gasteiger partial charge in [-0.2, -0.15) is 0 Å². The van der Waals surface area contributed by atoms with Crippen molar-refractivity contribution in [3.05, 3.63) is 28.8 Å². The minimum absolute atomic E-state index is 0.0377. The molecule has 0 saturated carbocycles. The molecule has 0 aliphatic carbocycles. The summed E-state index contributed by atoms with van der Waals surface area (Å²) >= 11 is 11.5.